The first-order chi connectivity index (χ1) is 29.0. The maximum atomic E-state index is 14.1. The normalized spacial score (nSPS) is 13.4. The Morgan fingerprint density at radius 2 is 0.938 bits per heavy atom. The number of esters is 4. The number of hydrogen-bond acceptors (Lipinski definition) is 15. The van der Waals surface area contributed by atoms with Crippen LogP contribution in [0, 0.1) is 5.41 Å². The van der Waals surface area contributed by atoms with Crippen molar-refractivity contribution in [2.24, 2.45) is 5.41 Å². The number of nitrogens with one attached hydrogen (secondary N) is 4. The van der Waals surface area contributed by atoms with E-state index in [0.717, 1.165) is 0 Å². The molecule has 0 heterocycles. The molecule has 0 aromatic heterocycles. The standard InChI is InChI=1S/C45H83N7O12/c1-18-31(39(59)46-17)49-35(55)26-48-34(54)25-47-33(53)20-19-32(40(60)64-45(14,15)16)52(24-22-51(30-41(2,3)4)29-38(58)63-44(11,12)13)23-21-50(27-36(56)61-42(5,6)7)28-37(57)62-43(8,9)10/h31-32H,18-30H2,1-17H3,(H,46,59)(H,47,53)(H,48,54)(H,49,55)/t31?,32-/m0/s1. The number of amides is 4. The van der Waals surface area contributed by atoms with Crippen LogP contribution in [-0.2, 0) is 57.3 Å². The molecule has 19 heteroatoms. The van der Waals surface area contributed by atoms with Gasteiger partial charge in [-0.15, -0.1) is 0 Å². The maximum Gasteiger partial charge on any atom is 0.323 e. The summed E-state index contributed by atoms with van der Waals surface area (Å²) in [5.41, 5.74) is -3.47. The molecule has 0 saturated heterocycles. The van der Waals surface area contributed by atoms with Gasteiger partial charge in [-0.05, 0) is 101 Å². The molecule has 0 aromatic carbocycles. The summed E-state index contributed by atoms with van der Waals surface area (Å²) in [5.74, 6) is -4.38. The highest BCUT2D eigenvalue weighted by Gasteiger charge is 2.33. The van der Waals surface area contributed by atoms with E-state index in [2.05, 4.69) is 21.3 Å². The molecule has 0 aliphatic rings. The van der Waals surface area contributed by atoms with Gasteiger partial charge in [0.2, 0.25) is 23.6 Å². The number of carbonyl (C=O) groups excluding carboxylic acids is 8. The second kappa shape index (κ2) is 26.6. The second-order valence-corrected chi connectivity index (χ2v) is 21.1. The molecule has 0 aliphatic heterocycles. The van der Waals surface area contributed by atoms with Crippen LogP contribution in [0.5, 0.6) is 0 Å². The van der Waals surface area contributed by atoms with Gasteiger partial charge in [0.1, 0.15) is 34.5 Å². The van der Waals surface area contributed by atoms with E-state index in [1.54, 1.807) is 99.8 Å². The van der Waals surface area contributed by atoms with E-state index in [4.69, 9.17) is 18.9 Å². The van der Waals surface area contributed by atoms with Crippen LogP contribution in [0.4, 0.5) is 0 Å². The minimum absolute atomic E-state index is 0.0394. The van der Waals surface area contributed by atoms with Gasteiger partial charge in [0.25, 0.3) is 0 Å². The van der Waals surface area contributed by atoms with Crippen LogP contribution in [-0.4, -0.2) is 169 Å². The average molecular weight is 914 g/mol. The molecule has 19 nitrogen and oxygen atoms in total. The van der Waals surface area contributed by atoms with Crippen LogP contribution in [0.15, 0.2) is 0 Å². The van der Waals surface area contributed by atoms with Gasteiger partial charge in [-0.25, -0.2) is 0 Å². The van der Waals surface area contributed by atoms with Crippen molar-refractivity contribution in [3.63, 3.8) is 0 Å². The Bertz CT molecular complexity index is 1520. The Morgan fingerprint density at radius 3 is 1.34 bits per heavy atom. The van der Waals surface area contributed by atoms with Gasteiger partial charge in [0.05, 0.1) is 32.7 Å². The second-order valence-electron chi connectivity index (χ2n) is 21.1. The van der Waals surface area contributed by atoms with Crippen molar-refractivity contribution in [3.05, 3.63) is 0 Å². The Kier molecular flexibility index (Phi) is 24.8. The highest BCUT2D eigenvalue weighted by Crippen LogP contribution is 2.19. The molecule has 0 spiro atoms. The zero-order chi connectivity index (χ0) is 49.9. The van der Waals surface area contributed by atoms with Gasteiger partial charge in [0.15, 0.2) is 0 Å². The molecule has 0 saturated carbocycles. The van der Waals surface area contributed by atoms with Crippen LogP contribution >= 0.6 is 0 Å². The van der Waals surface area contributed by atoms with Gasteiger partial charge in [-0.2, -0.15) is 0 Å². The summed E-state index contributed by atoms with van der Waals surface area (Å²) in [6.45, 7) is 28.4. The molecular formula is C45H83N7O12. The zero-order valence-corrected chi connectivity index (χ0v) is 42.1. The van der Waals surface area contributed by atoms with Crippen molar-refractivity contribution in [1.29, 1.82) is 0 Å². The highest BCUT2D eigenvalue weighted by atomic mass is 16.6. The number of likely N-dealkylation sites (N-methyl/N-ethyl adjacent to an activating group) is 1. The molecule has 1 unspecified atom stereocenters. The number of rotatable bonds is 25. The first kappa shape index (κ1) is 59.6. The fourth-order valence-corrected chi connectivity index (χ4v) is 6.10. The van der Waals surface area contributed by atoms with Gasteiger partial charge >= 0.3 is 23.9 Å². The van der Waals surface area contributed by atoms with Crippen molar-refractivity contribution in [3.8, 4) is 0 Å². The number of carbonyl (C=O) groups is 8. The Hall–Kier alpha value is -4.36. The lowest BCUT2D eigenvalue weighted by atomic mass is 9.96. The predicted octanol–water partition coefficient (Wildman–Crippen LogP) is 2.33. The lowest BCUT2D eigenvalue weighted by Crippen LogP contribution is -2.52. The smallest absolute Gasteiger partial charge is 0.323 e. The van der Waals surface area contributed by atoms with Crippen molar-refractivity contribution in [1.82, 2.24) is 36.0 Å². The van der Waals surface area contributed by atoms with Crippen LogP contribution in [0.2, 0.25) is 0 Å². The molecule has 0 radical (unpaired) electrons. The van der Waals surface area contributed by atoms with Crippen LogP contribution in [0.25, 0.3) is 0 Å². The lowest BCUT2D eigenvalue weighted by Gasteiger charge is -2.36. The third kappa shape index (κ3) is 30.7. The number of nitrogens with zero attached hydrogens (tertiary/aromatic N) is 3. The topological polar surface area (TPSA) is 231 Å². The molecule has 64 heavy (non-hydrogen) atoms. The van der Waals surface area contributed by atoms with Crippen molar-refractivity contribution >= 4 is 47.5 Å². The third-order valence-electron chi connectivity index (χ3n) is 8.39. The highest BCUT2D eigenvalue weighted by molar-refractivity contribution is 5.91. The van der Waals surface area contributed by atoms with Crippen LogP contribution in [0.3, 0.4) is 0 Å². The quantitative estimate of drug-likeness (QED) is 0.0761. The molecule has 4 N–H and O–H groups in total. The third-order valence-corrected chi connectivity index (χ3v) is 8.39. The monoisotopic (exact) mass is 914 g/mol. The maximum absolute atomic E-state index is 14.1. The predicted molar refractivity (Wildman–Crippen MR) is 243 cm³/mol. The van der Waals surface area contributed by atoms with Crippen molar-refractivity contribution < 1.29 is 57.3 Å². The Morgan fingerprint density at radius 1 is 0.531 bits per heavy atom. The van der Waals surface area contributed by atoms with E-state index >= 15 is 0 Å². The molecular weight excluding hydrogens is 831 g/mol. The van der Waals surface area contributed by atoms with E-state index in [1.165, 1.54) is 7.05 Å². The summed E-state index contributed by atoms with van der Waals surface area (Å²) >= 11 is 0. The molecule has 370 valence electrons. The largest absolute Gasteiger partial charge is 0.459 e. The van der Waals surface area contributed by atoms with Gasteiger partial charge in [0, 0.05) is 46.2 Å². The number of ether oxygens (including phenoxy) is 4. The van der Waals surface area contributed by atoms with E-state index in [-0.39, 0.29) is 70.0 Å². The number of hydrogen-bond donors (Lipinski definition) is 4. The summed E-state index contributed by atoms with van der Waals surface area (Å²) in [5, 5.41) is 9.93. The molecule has 2 atom stereocenters. The van der Waals surface area contributed by atoms with E-state index in [9.17, 15) is 38.4 Å². The first-order valence-electron chi connectivity index (χ1n) is 22.1. The molecule has 0 aromatic rings. The van der Waals surface area contributed by atoms with Gasteiger partial charge in [-0.1, -0.05) is 27.7 Å². The fourth-order valence-electron chi connectivity index (χ4n) is 6.10. The Balaban J connectivity index is 6.70. The Labute approximate surface area is 382 Å². The summed E-state index contributed by atoms with van der Waals surface area (Å²) in [6, 6.07) is -1.81. The SMILES string of the molecule is CCC(NC(=O)CNC(=O)CNC(=O)CC[C@@H](C(=O)OC(C)(C)C)N(CCN(CC(=O)OC(C)(C)C)CC(=O)OC(C)(C)C)CCN(CC(=O)OC(C)(C)C)CC(C)(C)C)C(=O)NC. The summed E-state index contributed by atoms with van der Waals surface area (Å²) in [6.07, 6.45) is 0.0581. The van der Waals surface area contributed by atoms with Gasteiger partial charge in [-0.3, -0.25) is 53.1 Å². The van der Waals surface area contributed by atoms with Crippen molar-refractivity contribution in [2.75, 3.05) is 72.5 Å². The van der Waals surface area contributed by atoms with Crippen LogP contribution in [0.1, 0.15) is 130 Å². The van der Waals surface area contributed by atoms with Crippen LogP contribution < -0.4 is 21.3 Å². The average Bonchev–Trinajstić information content (AvgIpc) is 3.08. The van der Waals surface area contributed by atoms with E-state index in [1.807, 2.05) is 25.7 Å². The fraction of sp³-hybridized carbons (Fsp3) is 0.822. The molecule has 0 bridgehead atoms. The molecule has 0 fully saturated rings. The molecule has 0 aliphatic carbocycles. The zero-order valence-electron chi connectivity index (χ0n) is 42.1. The van der Waals surface area contributed by atoms with E-state index in [0.29, 0.717) is 13.0 Å². The van der Waals surface area contributed by atoms with Crippen molar-refractivity contribution in [2.45, 2.75) is 165 Å². The van der Waals surface area contributed by atoms with Gasteiger partial charge < -0.3 is 40.2 Å². The molecule has 4 amide bonds. The molecule has 0 rings (SSSR count). The first-order valence-corrected chi connectivity index (χ1v) is 22.1. The minimum atomic E-state index is -1.04. The summed E-state index contributed by atoms with van der Waals surface area (Å²) < 4.78 is 22.7. The minimum Gasteiger partial charge on any atom is -0.459 e. The lowest BCUT2D eigenvalue weighted by molar-refractivity contribution is -0.164. The summed E-state index contributed by atoms with van der Waals surface area (Å²) in [4.78, 5) is 109. The summed E-state index contributed by atoms with van der Waals surface area (Å²) in [7, 11) is 1.45. The van der Waals surface area contributed by atoms with E-state index < -0.39 is 89.2 Å².